The molecule has 13 heavy (non-hydrogen) atoms. The lowest BCUT2D eigenvalue weighted by Crippen LogP contribution is -2.00. The van der Waals surface area contributed by atoms with Gasteiger partial charge in [-0.1, -0.05) is 31.0 Å². The van der Waals surface area contributed by atoms with Crippen LogP contribution in [-0.4, -0.2) is 6.54 Å². The van der Waals surface area contributed by atoms with Crippen LogP contribution in [0.1, 0.15) is 36.8 Å². The predicted octanol–water partition coefficient (Wildman–Crippen LogP) is 3.30. The van der Waals surface area contributed by atoms with Crippen LogP contribution in [-0.2, 0) is 0 Å². The van der Waals surface area contributed by atoms with E-state index in [1.807, 2.05) is 0 Å². The molecule has 0 amide bonds. The van der Waals surface area contributed by atoms with Crippen molar-refractivity contribution in [2.24, 2.45) is 0 Å². The van der Waals surface area contributed by atoms with Crippen molar-refractivity contribution in [2.75, 3.05) is 11.9 Å². The van der Waals surface area contributed by atoms with Gasteiger partial charge in [-0.3, -0.25) is 0 Å². The van der Waals surface area contributed by atoms with Crippen molar-refractivity contribution < 1.29 is 0 Å². The maximum Gasteiger partial charge on any atom is 0.0376 e. The van der Waals surface area contributed by atoms with Crippen LogP contribution in [0.15, 0.2) is 18.2 Å². The van der Waals surface area contributed by atoms with Gasteiger partial charge in [-0.05, 0) is 25.0 Å². The number of fused-ring (bicyclic) bond motifs is 1. The van der Waals surface area contributed by atoms with Gasteiger partial charge >= 0.3 is 0 Å². The molecule has 0 radical (unpaired) electrons. The summed E-state index contributed by atoms with van der Waals surface area (Å²) in [6.45, 7) is 5.56. The summed E-state index contributed by atoms with van der Waals surface area (Å²) in [5.74, 6) is 0.750. The summed E-state index contributed by atoms with van der Waals surface area (Å²) in [5, 5.41) is 3.46. The van der Waals surface area contributed by atoms with Crippen LogP contribution in [0.25, 0.3) is 0 Å². The number of hydrogen-bond donors (Lipinski definition) is 1. The Morgan fingerprint density at radius 3 is 3.08 bits per heavy atom. The minimum Gasteiger partial charge on any atom is -0.384 e. The molecule has 1 heterocycles. The van der Waals surface area contributed by atoms with Crippen LogP contribution in [0.4, 0.5) is 5.69 Å². The third-order valence-corrected chi connectivity index (χ3v) is 2.82. The number of aryl methyl sites for hydroxylation is 1. The van der Waals surface area contributed by atoms with Crippen LogP contribution in [0.3, 0.4) is 0 Å². The molecule has 1 aliphatic rings. The fourth-order valence-electron chi connectivity index (χ4n) is 2.13. The zero-order chi connectivity index (χ0) is 9.26. The minimum atomic E-state index is 0.750. The van der Waals surface area contributed by atoms with Gasteiger partial charge in [-0.15, -0.1) is 0 Å². The summed E-state index contributed by atoms with van der Waals surface area (Å²) in [7, 11) is 0. The van der Waals surface area contributed by atoms with E-state index in [1.165, 1.54) is 29.7 Å². The Morgan fingerprint density at radius 1 is 1.46 bits per heavy atom. The molecule has 0 saturated heterocycles. The van der Waals surface area contributed by atoms with Crippen LogP contribution in [0.5, 0.6) is 0 Å². The normalized spacial score (nSPS) is 19.7. The molecule has 1 aromatic carbocycles. The Balaban J connectivity index is 2.29. The molecule has 1 atom stereocenters. The van der Waals surface area contributed by atoms with Gasteiger partial charge in [0.05, 0.1) is 0 Å². The molecule has 2 rings (SSSR count). The molecule has 1 unspecified atom stereocenters. The Morgan fingerprint density at radius 2 is 2.31 bits per heavy atom. The Labute approximate surface area is 80.2 Å². The highest BCUT2D eigenvalue weighted by Crippen LogP contribution is 2.34. The number of nitrogens with one attached hydrogen (secondary N) is 1. The molecule has 0 saturated carbocycles. The third-order valence-electron chi connectivity index (χ3n) is 2.82. The second-order valence-corrected chi connectivity index (χ2v) is 3.96. The highest BCUT2D eigenvalue weighted by Gasteiger charge is 2.20. The SMILES string of the molecule is CCCC1CNc2ccc(C)cc21. The zero-order valence-corrected chi connectivity index (χ0v) is 8.43. The molecule has 70 valence electrons. The molecular formula is C12H17N. The van der Waals surface area contributed by atoms with Gasteiger partial charge in [0, 0.05) is 18.2 Å². The van der Waals surface area contributed by atoms with Gasteiger partial charge in [0.1, 0.15) is 0 Å². The molecule has 0 fully saturated rings. The standard InChI is InChI=1S/C12H17N/c1-3-4-10-8-13-12-6-5-9(2)7-11(10)12/h5-7,10,13H,3-4,8H2,1-2H3. The van der Waals surface area contributed by atoms with Crippen molar-refractivity contribution in [3.63, 3.8) is 0 Å². The van der Waals surface area contributed by atoms with Gasteiger partial charge in [0.25, 0.3) is 0 Å². The summed E-state index contributed by atoms with van der Waals surface area (Å²) < 4.78 is 0. The van der Waals surface area contributed by atoms with E-state index in [9.17, 15) is 0 Å². The molecule has 1 N–H and O–H groups in total. The van der Waals surface area contributed by atoms with Crippen molar-refractivity contribution in [1.29, 1.82) is 0 Å². The van der Waals surface area contributed by atoms with Gasteiger partial charge in [-0.2, -0.15) is 0 Å². The van der Waals surface area contributed by atoms with Crippen LogP contribution in [0, 0.1) is 6.92 Å². The maximum atomic E-state index is 3.46. The van der Waals surface area contributed by atoms with Crippen molar-refractivity contribution in [1.82, 2.24) is 0 Å². The van der Waals surface area contributed by atoms with E-state index in [1.54, 1.807) is 0 Å². The molecule has 1 heteroatoms. The van der Waals surface area contributed by atoms with E-state index in [-0.39, 0.29) is 0 Å². The molecule has 0 spiro atoms. The van der Waals surface area contributed by atoms with E-state index in [2.05, 4.69) is 37.4 Å². The van der Waals surface area contributed by atoms with E-state index in [0.29, 0.717) is 0 Å². The second kappa shape index (κ2) is 3.41. The molecule has 1 aliphatic heterocycles. The fourth-order valence-corrected chi connectivity index (χ4v) is 2.13. The van der Waals surface area contributed by atoms with Gasteiger partial charge in [0.2, 0.25) is 0 Å². The fraction of sp³-hybridized carbons (Fsp3) is 0.500. The number of rotatable bonds is 2. The van der Waals surface area contributed by atoms with Crippen molar-refractivity contribution >= 4 is 5.69 Å². The number of hydrogen-bond acceptors (Lipinski definition) is 1. The first-order valence-electron chi connectivity index (χ1n) is 5.15. The smallest absolute Gasteiger partial charge is 0.0376 e. The summed E-state index contributed by atoms with van der Waals surface area (Å²) in [4.78, 5) is 0. The first kappa shape index (κ1) is 8.61. The number of anilines is 1. The van der Waals surface area contributed by atoms with Crippen LogP contribution < -0.4 is 5.32 Å². The van der Waals surface area contributed by atoms with Gasteiger partial charge in [0.15, 0.2) is 0 Å². The van der Waals surface area contributed by atoms with E-state index in [0.717, 1.165) is 12.5 Å². The predicted molar refractivity (Wildman–Crippen MR) is 57.3 cm³/mol. The topological polar surface area (TPSA) is 12.0 Å². The monoisotopic (exact) mass is 175 g/mol. The lowest BCUT2D eigenvalue weighted by atomic mass is 9.95. The average molecular weight is 175 g/mol. The van der Waals surface area contributed by atoms with Crippen molar-refractivity contribution in [2.45, 2.75) is 32.6 Å². The third kappa shape index (κ3) is 1.55. The largest absolute Gasteiger partial charge is 0.384 e. The second-order valence-electron chi connectivity index (χ2n) is 3.96. The Kier molecular flexibility index (Phi) is 2.26. The number of benzene rings is 1. The van der Waals surface area contributed by atoms with Crippen molar-refractivity contribution in [3.05, 3.63) is 29.3 Å². The zero-order valence-electron chi connectivity index (χ0n) is 8.43. The maximum absolute atomic E-state index is 3.46. The first-order valence-corrected chi connectivity index (χ1v) is 5.15. The van der Waals surface area contributed by atoms with Crippen LogP contribution in [0.2, 0.25) is 0 Å². The molecule has 0 aliphatic carbocycles. The summed E-state index contributed by atoms with van der Waals surface area (Å²) in [5.41, 5.74) is 4.26. The highest BCUT2D eigenvalue weighted by molar-refractivity contribution is 5.58. The molecule has 0 bridgehead atoms. The van der Waals surface area contributed by atoms with E-state index < -0.39 is 0 Å². The van der Waals surface area contributed by atoms with Gasteiger partial charge in [-0.25, -0.2) is 0 Å². The van der Waals surface area contributed by atoms with Crippen molar-refractivity contribution in [3.8, 4) is 0 Å². The molecular weight excluding hydrogens is 158 g/mol. The van der Waals surface area contributed by atoms with E-state index in [4.69, 9.17) is 0 Å². The summed E-state index contributed by atoms with van der Waals surface area (Å²) in [6, 6.07) is 6.72. The summed E-state index contributed by atoms with van der Waals surface area (Å²) in [6.07, 6.45) is 2.59. The Hall–Kier alpha value is -0.980. The van der Waals surface area contributed by atoms with E-state index >= 15 is 0 Å². The lowest BCUT2D eigenvalue weighted by molar-refractivity contribution is 0.661. The average Bonchev–Trinajstić information content (AvgIpc) is 2.49. The summed E-state index contributed by atoms with van der Waals surface area (Å²) >= 11 is 0. The highest BCUT2D eigenvalue weighted by atomic mass is 14.9. The Bertz CT molecular complexity index is 302. The molecule has 1 nitrogen and oxygen atoms in total. The molecule has 0 aromatic heterocycles. The lowest BCUT2D eigenvalue weighted by Gasteiger charge is -2.08. The minimum absolute atomic E-state index is 0.750. The quantitative estimate of drug-likeness (QED) is 0.727. The first-order chi connectivity index (χ1) is 6.31. The van der Waals surface area contributed by atoms with Crippen LogP contribution >= 0.6 is 0 Å². The van der Waals surface area contributed by atoms with Gasteiger partial charge < -0.3 is 5.32 Å². The molecule has 1 aromatic rings.